The first kappa shape index (κ1) is 10.5. The van der Waals surface area contributed by atoms with Crippen molar-refractivity contribution in [3.8, 4) is 0 Å². The molecule has 2 unspecified atom stereocenters. The van der Waals surface area contributed by atoms with Crippen molar-refractivity contribution in [3.63, 3.8) is 0 Å². The van der Waals surface area contributed by atoms with Gasteiger partial charge in [0.25, 0.3) is 0 Å². The lowest BCUT2D eigenvalue weighted by Gasteiger charge is -2.31. The quantitative estimate of drug-likeness (QED) is 0.638. The maximum Gasteiger partial charge on any atom is 0.222 e. The molecule has 13 heavy (non-hydrogen) atoms. The van der Waals surface area contributed by atoms with E-state index in [-0.39, 0.29) is 17.4 Å². The largest absolute Gasteiger partial charge is 0.388 e. The van der Waals surface area contributed by atoms with Crippen molar-refractivity contribution in [2.24, 2.45) is 0 Å². The van der Waals surface area contributed by atoms with Gasteiger partial charge in [-0.1, -0.05) is 13.3 Å². The molecule has 1 aliphatic rings. The van der Waals surface area contributed by atoms with Crippen LogP contribution in [0.15, 0.2) is 12.4 Å². The summed E-state index contributed by atoms with van der Waals surface area (Å²) in [5, 5.41) is 19.2. The highest BCUT2D eigenvalue weighted by Crippen LogP contribution is 2.22. The third kappa shape index (κ3) is 2.02. The molecule has 0 aromatic heterocycles. The predicted octanol–water partition coefficient (Wildman–Crippen LogP) is 0.727. The van der Waals surface area contributed by atoms with Crippen molar-refractivity contribution in [1.29, 1.82) is 0 Å². The summed E-state index contributed by atoms with van der Waals surface area (Å²) >= 11 is 0. The number of unbranched alkanes of at least 4 members (excludes halogenated alkanes) is 1. The van der Waals surface area contributed by atoms with Gasteiger partial charge in [-0.3, -0.25) is 0 Å². The first-order valence-corrected chi connectivity index (χ1v) is 4.76. The fraction of sp³-hybridized carbons (Fsp3) is 0.778. The Bertz CT molecular complexity index is 196. The van der Waals surface area contributed by atoms with Crippen LogP contribution in [0.2, 0.25) is 0 Å². The van der Waals surface area contributed by atoms with Gasteiger partial charge in [0.15, 0.2) is 0 Å². The van der Waals surface area contributed by atoms with Crippen molar-refractivity contribution < 1.29 is 15.0 Å². The number of rotatable bonds is 4. The van der Waals surface area contributed by atoms with Crippen LogP contribution in [0.4, 0.5) is 0 Å². The minimum atomic E-state index is -0.230. The molecule has 0 aromatic carbocycles. The second kappa shape index (κ2) is 4.09. The van der Waals surface area contributed by atoms with Crippen molar-refractivity contribution in [2.45, 2.75) is 25.9 Å². The number of aliphatic hydroxyl groups is 1. The average molecular weight is 187 g/mol. The average Bonchev–Trinajstić information content (AvgIpc) is 2.40. The summed E-state index contributed by atoms with van der Waals surface area (Å²) in [5.41, 5.74) is 0. The summed E-state index contributed by atoms with van der Waals surface area (Å²) < 4.78 is -0.152. The molecule has 0 fully saturated rings. The van der Waals surface area contributed by atoms with Crippen LogP contribution in [0.5, 0.6) is 0 Å². The topological polar surface area (TPSA) is 43.7 Å². The number of quaternary nitrogens is 1. The van der Waals surface area contributed by atoms with E-state index in [0.29, 0.717) is 6.54 Å². The number of likely N-dealkylation sites (N-methyl/N-ethyl adjacent to an activating group) is 1. The first-order valence-electron chi connectivity index (χ1n) is 4.76. The van der Waals surface area contributed by atoms with Crippen LogP contribution in [0.3, 0.4) is 0 Å². The molecule has 4 nitrogen and oxygen atoms in total. The van der Waals surface area contributed by atoms with Crippen LogP contribution < -0.4 is 0 Å². The molecule has 0 saturated heterocycles. The van der Waals surface area contributed by atoms with Crippen LogP contribution in [0.25, 0.3) is 0 Å². The lowest BCUT2D eigenvalue weighted by molar-refractivity contribution is -1.08. The van der Waals surface area contributed by atoms with Gasteiger partial charge in [-0.25, -0.2) is 5.21 Å². The Morgan fingerprint density at radius 2 is 2.23 bits per heavy atom. The summed E-state index contributed by atoms with van der Waals surface area (Å²) in [6.45, 7) is 2.73. The van der Waals surface area contributed by atoms with Crippen LogP contribution in [0.1, 0.15) is 19.8 Å². The van der Waals surface area contributed by atoms with Gasteiger partial charge in [0.2, 0.25) is 6.17 Å². The molecule has 0 radical (unpaired) electrons. The van der Waals surface area contributed by atoms with Gasteiger partial charge in [-0.15, -0.1) is 4.65 Å². The second-order valence-corrected chi connectivity index (χ2v) is 3.59. The van der Waals surface area contributed by atoms with Crippen LogP contribution >= 0.6 is 0 Å². The second-order valence-electron chi connectivity index (χ2n) is 3.59. The van der Waals surface area contributed by atoms with E-state index >= 15 is 0 Å². The van der Waals surface area contributed by atoms with E-state index in [1.807, 2.05) is 18.1 Å². The smallest absolute Gasteiger partial charge is 0.222 e. The number of hydrogen-bond acceptors (Lipinski definition) is 3. The highest BCUT2D eigenvalue weighted by molar-refractivity contribution is 4.83. The van der Waals surface area contributed by atoms with Gasteiger partial charge in [0.1, 0.15) is 19.4 Å². The molecule has 1 rings (SSSR count). The molecule has 0 saturated carbocycles. The summed E-state index contributed by atoms with van der Waals surface area (Å²) in [6.07, 6.45) is 5.33. The van der Waals surface area contributed by atoms with Crippen molar-refractivity contribution in [1.82, 2.24) is 4.90 Å². The van der Waals surface area contributed by atoms with Crippen LogP contribution in [0, 0.1) is 0 Å². The number of nitrogens with zero attached hydrogens (tertiary/aromatic N) is 2. The van der Waals surface area contributed by atoms with E-state index in [4.69, 9.17) is 5.11 Å². The van der Waals surface area contributed by atoms with Crippen molar-refractivity contribution in [3.05, 3.63) is 12.4 Å². The van der Waals surface area contributed by atoms with E-state index in [9.17, 15) is 5.21 Å². The Labute approximate surface area is 79.2 Å². The molecule has 1 aliphatic heterocycles. The third-order valence-electron chi connectivity index (χ3n) is 2.58. The molecule has 0 spiro atoms. The molecule has 2 N–H and O–H groups in total. The van der Waals surface area contributed by atoms with E-state index in [0.717, 1.165) is 12.8 Å². The molecule has 0 aliphatic carbocycles. The summed E-state index contributed by atoms with van der Waals surface area (Å²) in [7, 11) is 1.86. The molecular weight excluding hydrogens is 168 g/mol. The molecule has 4 heteroatoms. The Kier molecular flexibility index (Phi) is 3.30. The Hall–Kier alpha value is -0.580. The maximum atomic E-state index is 10.1. The van der Waals surface area contributed by atoms with Gasteiger partial charge in [-0.05, 0) is 6.42 Å². The number of hydrogen-bond donors (Lipinski definition) is 2. The molecule has 1 heterocycles. The Morgan fingerprint density at radius 3 is 2.77 bits per heavy atom. The minimum Gasteiger partial charge on any atom is -0.388 e. The standard InChI is InChI=1S/C9H19N2O2/c1-3-4-6-11(13)7-5-10(2)9(11)8-12/h5,7,9,12-13H,3-4,6,8H2,1-2H3/q+1. The summed E-state index contributed by atoms with van der Waals surface area (Å²) in [6, 6.07) is 0. The van der Waals surface area contributed by atoms with E-state index in [1.165, 1.54) is 0 Å². The molecule has 0 bridgehead atoms. The fourth-order valence-corrected chi connectivity index (χ4v) is 1.64. The SMILES string of the molecule is CCCC[N+]1(O)C=CN(C)C1CO. The molecule has 0 aromatic rings. The normalized spacial score (nSPS) is 32.9. The summed E-state index contributed by atoms with van der Waals surface area (Å²) in [5.74, 6) is 0. The molecule has 76 valence electrons. The minimum absolute atomic E-state index is 0.0241. The third-order valence-corrected chi connectivity index (χ3v) is 2.58. The van der Waals surface area contributed by atoms with E-state index in [2.05, 4.69) is 6.92 Å². The van der Waals surface area contributed by atoms with Crippen LogP contribution in [-0.4, -0.2) is 46.2 Å². The molecule has 0 amide bonds. The van der Waals surface area contributed by atoms with Crippen molar-refractivity contribution in [2.75, 3.05) is 20.2 Å². The van der Waals surface area contributed by atoms with Gasteiger partial charge in [-0.2, -0.15) is 0 Å². The Balaban J connectivity index is 2.60. The number of aliphatic hydroxyl groups excluding tert-OH is 1. The molecule has 2 atom stereocenters. The zero-order valence-corrected chi connectivity index (χ0v) is 8.35. The van der Waals surface area contributed by atoms with Gasteiger partial charge >= 0.3 is 0 Å². The monoisotopic (exact) mass is 187 g/mol. The van der Waals surface area contributed by atoms with Crippen LogP contribution in [-0.2, 0) is 0 Å². The summed E-state index contributed by atoms with van der Waals surface area (Å²) in [4.78, 5) is 1.84. The molecular formula is C9H19N2O2+. The highest BCUT2D eigenvalue weighted by Gasteiger charge is 2.40. The predicted molar refractivity (Wildman–Crippen MR) is 49.6 cm³/mol. The first-order chi connectivity index (χ1) is 6.14. The fourth-order valence-electron chi connectivity index (χ4n) is 1.64. The Morgan fingerprint density at radius 1 is 1.54 bits per heavy atom. The lowest BCUT2D eigenvalue weighted by Crippen LogP contribution is -2.53. The zero-order chi connectivity index (χ0) is 9.90. The highest BCUT2D eigenvalue weighted by atomic mass is 16.6. The van der Waals surface area contributed by atoms with Crippen molar-refractivity contribution >= 4 is 0 Å². The van der Waals surface area contributed by atoms with Gasteiger partial charge in [0, 0.05) is 7.05 Å². The van der Waals surface area contributed by atoms with E-state index in [1.54, 1.807) is 6.20 Å². The zero-order valence-electron chi connectivity index (χ0n) is 8.35. The van der Waals surface area contributed by atoms with E-state index < -0.39 is 0 Å². The number of hydroxylamine groups is 3. The maximum absolute atomic E-state index is 10.1. The van der Waals surface area contributed by atoms with Gasteiger partial charge in [0.05, 0.1) is 6.20 Å². The van der Waals surface area contributed by atoms with Gasteiger partial charge < -0.3 is 10.0 Å². The lowest BCUT2D eigenvalue weighted by atomic mass is 10.3.